The summed E-state index contributed by atoms with van der Waals surface area (Å²) < 4.78 is 5.70. The summed E-state index contributed by atoms with van der Waals surface area (Å²) in [4.78, 5) is 2.12. The Bertz CT molecular complexity index is 331. The van der Waals surface area contributed by atoms with Crippen LogP contribution in [0, 0.1) is 0 Å². The number of thioether (sulfide) groups is 1. The van der Waals surface area contributed by atoms with Gasteiger partial charge in [0.1, 0.15) is 12.4 Å². The molecule has 0 saturated heterocycles. The molecule has 1 aromatic carbocycles. The predicted octanol–water partition coefficient (Wildman–Crippen LogP) is 2.79. The molecule has 18 heavy (non-hydrogen) atoms. The van der Waals surface area contributed by atoms with Crippen LogP contribution < -0.4 is 10.1 Å². The maximum Gasteiger partial charge on any atom is 0.121 e. The molecule has 0 unspecified atom stereocenters. The van der Waals surface area contributed by atoms with Crippen LogP contribution in [-0.2, 0) is 0 Å². The van der Waals surface area contributed by atoms with E-state index in [9.17, 15) is 0 Å². The Balaban J connectivity index is 2.32. The first-order valence-electron chi connectivity index (χ1n) is 6.33. The van der Waals surface area contributed by atoms with Gasteiger partial charge in [-0.25, -0.2) is 0 Å². The van der Waals surface area contributed by atoms with E-state index in [0.29, 0.717) is 0 Å². The topological polar surface area (TPSA) is 24.5 Å². The Kier molecular flexibility index (Phi) is 7.69. The van der Waals surface area contributed by atoms with Gasteiger partial charge in [0, 0.05) is 24.8 Å². The summed E-state index contributed by atoms with van der Waals surface area (Å²) in [5.41, 5.74) is 1.14. The Morgan fingerprint density at radius 2 is 2.17 bits per heavy atom. The van der Waals surface area contributed by atoms with Gasteiger partial charge in [0.2, 0.25) is 0 Å². The molecular weight excluding hydrogens is 244 g/mol. The molecule has 0 amide bonds. The molecule has 0 atom stereocenters. The molecule has 0 aromatic heterocycles. The summed E-state index contributed by atoms with van der Waals surface area (Å²) in [6, 6.07) is 8.18. The van der Waals surface area contributed by atoms with Crippen LogP contribution in [0.4, 0.5) is 5.69 Å². The third kappa shape index (κ3) is 6.77. The van der Waals surface area contributed by atoms with Crippen molar-refractivity contribution in [2.24, 2.45) is 0 Å². The molecule has 0 fully saturated rings. The smallest absolute Gasteiger partial charge is 0.121 e. The van der Waals surface area contributed by atoms with Crippen LogP contribution >= 0.6 is 11.8 Å². The first-order chi connectivity index (χ1) is 8.72. The summed E-state index contributed by atoms with van der Waals surface area (Å²) in [6.07, 6.45) is 3.33. The summed E-state index contributed by atoms with van der Waals surface area (Å²) in [5.74, 6) is 2.14. The third-order valence-electron chi connectivity index (χ3n) is 2.50. The van der Waals surface area contributed by atoms with Gasteiger partial charge in [0.05, 0.1) is 0 Å². The van der Waals surface area contributed by atoms with Crippen molar-refractivity contribution >= 4 is 17.4 Å². The average Bonchev–Trinajstić information content (AvgIpc) is 2.35. The normalized spacial score (nSPS) is 10.7. The van der Waals surface area contributed by atoms with E-state index in [1.165, 1.54) is 12.2 Å². The molecule has 0 bridgehead atoms. The van der Waals surface area contributed by atoms with Gasteiger partial charge in [-0.15, -0.1) is 0 Å². The highest BCUT2D eigenvalue weighted by Gasteiger charge is 1.97. The Labute approximate surface area is 115 Å². The lowest BCUT2D eigenvalue weighted by molar-refractivity contribution is 0.261. The minimum atomic E-state index is 0.725. The van der Waals surface area contributed by atoms with Crippen molar-refractivity contribution < 1.29 is 4.74 Å². The minimum absolute atomic E-state index is 0.725. The van der Waals surface area contributed by atoms with Crippen molar-refractivity contribution in [3.63, 3.8) is 0 Å². The zero-order chi connectivity index (χ0) is 13.2. The van der Waals surface area contributed by atoms with Crippen LogP contribution in [0.15, 0.2) is 24.3 Å². The van der Waals surface area contributed by atoms with Crippen molar-refractivity contribution in [1.29, 1.82) is 0 Å². The fourth-order valence-electron chi connectivity index (χ4n) is 1.49. The number of hydrogen-bond acceptors (Lipinski definition) is 4. The number of ether oxygens (including phenoxy) is 1. The predicted molar refractivity (Wildman–Crippen MR) is 82.0 cm³/mol. The second-order valence-corrected chi connectivity index (χ2v) is 5.44. The molecular formula is C14H24N2OS. The van der Waals surface area contributed by atoms with E-state index in [1.807, 2.05) is 38.0 Å². The van der Waals surface area contributed by atoms with Crippen LogP contribution in [0.25, 0.3) is 0 Å². The number of likely N-dealkylation sites (N-methyl/N-ethyl adjacent to an activating group) is 1. The minimum Gasteiger partial charge on any atom is -0.492 e. The number of rotatable bonds is 9. The van der Waals surface area contributed by atoms with Crippen molar-refractivity contribution in [2.75, 3.05) is 51.1 Å². The van der Waals surface area contributed by atoms with Gasteiger partial charge < -0.3 is 15.0 Å². The molecule has 4 heteroatoms. The largest absolute Gasteiger partial charge is 0.492 e. The monoisotopic (exact) mass is 268 g/mol. The molecule has 3 nitrogen and oxygen atoms in total. The standard InChI is InChI=1S/C14H24N2OS/c1-16(2)9-10-17-14-7-4-6-13(12-14)15-8-5-11-18-3/h4,6-7,12,15H,5,8-11H2,1-3H3. The Hall–Kier alpha value is -0.870. The lowest BCUT2D eigenvalue weighted by Gasteiger charge is -2.12. The van der Waals surface area contributed by atoms with Crippen LogP contribution in [0.1, 0.15) is 6.42 Å². The molecule has 1 aromatic rings. The SMILES string of the molecule is CSCCCNc1cccc(OCCN(C)C)c1. The number of benzene rings is 1. The fourth-order valence-corrected chi connectivity index (χ4v) is 1.92. The number of hydrogen-bond donors (Lipinski definition) is 1. The molecule has 102 valence electrons. The van der Waals surface area contributed by atoms with Gasteiger partial charge >= 0.3 is 0 Å². The zero-order valence-electron chi connectivity index (χ0n) is 11.6. The molecule has 1 N–H and O–H groups in total. The Morgan fingerprint density at radius 1 is 1.33 bits per heavy atom. The van der Waals surface area contributed by atoms with E-state index in [1.54, 1.807) is 0 Å². The van der Waals surface area contributed by atoms with Gasteiger partial charge in [-0.3, -0.25) is 0 Å². The molecule has 0 aliphatic carbocycles. The van der Waals surface area contributed by atoms with Crippen LogP contribution in [0.2, 0.25) is 0 Å². The Morgan fingerprint density at radius 3 is 2.89 bits per heavy atom. The van der Waals surface area contributed by atoms with Crippen molar-refractivity contribution in [2.45, 2.75) is 6.42 Å². The average molecular weight is 268 g/mol. The lowest BCUT2D eigenvalue weighted by Crippen LogP contribution is -2.19. The van der Waals surface area contributed by atoms with E-state index in [2.05, 4.69) is 28.6 Å². The van der Waals surface area contributed by atoms with Gasteiger partial charge in [-0.05, 0) is 44.7 Å². The molecule has 0 heterocycles. The molecule has 0 aliphatic rings. The highest BCUT2D eigenvalue weighted by molar-refractivity contribution is 7.98. The van der Waals surface area contributed by atoms with Gasteiger partial charge in [-0.1, -0.05) is 6.07 Å². The van der Waals surface area contributed by atoms with E-state index < -0.39 is 0 Å². The lowest BCUT2D eigenvalue weighted by atomic mass is 10.3. The summed E-state index contributed by atoms with van der Waals surface area (Å²) >= 11 is 1.88. The summed E-state index contributed by atoms with van der Waals surface area (Å²) in [5, 5.41) is 3.42. The second-order valence-electron chi connectivity index (χ2n) is 4.45. The maximum absolute atomic E-state index is 5.70. The second kappa shape index (κ2) is 9.11. The molecule has 0 spiro atoms. The van der Waals surface area contributed by atoms with E-state index in [0.717, 1.165) is 31.1 Å². The molecule has 0 aliphatic heterocycles. The van der Waals surface area contributed by atoms with Gasteiger partial charge in [0.25, 0.3) is 0 Å². The molecule has 0 saturated carbocycles. The first kappa shape index (κ1) is 15.2. The highest BCUT2D eigenvalue weighted by atomic mass is 32.2. The summed E-state index contributed by atoms with van der Waals surface area (Å²) in [7, 11) is 4.10. The molecule has 1 rings (SSSR count). The van der Waals surface area contributed by atoms with Gasteiger partial charge in [0.15, 0.2) is 0 Å². The van der Waals surface area contributed by atoms with E-state index in [-0.39, 0.29) is 0 Å². The summed E-state index contributed by atoms with van der Waals surface area (Å²) in [6.45, 7) is 2.68. The molecule has 0 radical (unpaired) electrons. The van der Waals surface area contributed by atoms with Crippen molar-refractivity contribution in [3.8, 4) is 5.75 Å². The van der Waals surface area contributed by atoms with Crippen LogP contribution in [-0.4, -0.2) is 50.7 Å². The van der Waals surface area contributed by atoms with Crippen molar-refractivity contribution in [3.05, 3.63) is 24.3 Å². The van der Waals surface area contributed by atoms with E-state index in [4.69, 9.17) is 4.74 Å². The van der Waals surface area contributed by atoms with Crippen molar-refractivity contribution in [1.82, 2.24) is 4.90 Å². The van der Waals surface area contributed by atoms with Gasteiger partial charge in [-0.2, -0.15) is 11.8 Å². The third-order valence-corrected chi connectivity index (χ3v) is 3.19. The van der Waals surface area contributed by atoms with Crippen LogP contribution in [0.5, 0.6) is 5.75 Å². The highest BCUT2D eigenvalue weighted by Crippen LogP contribution is 2.17. The first-order valence-corrected chi connectivity index (χ1v) is 7.72. The number of nitrogens with zero attached hydrogens (tertiary/aromatic N) is 1. The van der Waals surface area contributed by atoms with Crippen LogP contribution in [0.3, 0.4) is 0 Å². The van der Waals surface area contributed by atoms with E-state index >= 15 is 0 Å². The number of anilines is 1. The fraction of sp³-hybridized carbons (Fsp3) is 0.571. The number of nitrogens with one attached hydrogen (secondary N) is 1. The zero-order valence-corrected chi connectivity index (χ0v) is 12.4. The maximum atomic E-state index is 5.70. The quantitative estimate of drug-likeness (QED) is 0.696.